The van der Waals surface area contributed by atoms with Crippen LogP contribution in [-0.2, 0) is 6.42 Å². The highest BCUT2D eigenvalue weighted by Crippen LogP contribution is 2.39. The average molecular weight is 383 g/mol. The summed E-state index contributed by atoms with van der Waals surface area (Å²) in [6.07, 6.45) is 6.36. The first-order chi connectivity index (χ1) is 13.5. The van der Waals surface area contributed by atoms with Gasteiger partial charge in [0.05, 0.1) is 12.0 Å². The minimum atomic E-state index is -0.439. The fraction of sp³-hybridized carbons (Fsp3) is 0.409. The summed E-state index contributed by atoms with van der Waals surface area (Å²) in [4.78, 5) is 23.3. The molecule has 6 nitrogen and oxygen atoms in total. The van der Waals surface area contributed by atoms with Crippen molar-refractivity contribution in [1.82, 2.24) is 0 Å². The lowest BCUT2D eigenvalue weighted by Crippen LogP contribution is -2.12. The summed E-state index contributed by atoms with van der Waals surface area (Å²) in [6, 6.07) is 9.60. The van der Waals surface area contributed by atoms with Crippen LogP contribution in [0, 0.1) is 10.1 Å². The first kappa shape index (κ1) is 19.9. The molecule has 0 spiro atoms. The Bertz CT molecular complexity index is 854. The summed E-state index contributed by atoms with van der Waals surface area (Å²) in [5, 5.41) is 20.9. The highest BCUT2D eigenvalue weighted by Gasteiger charge is 2.24. The highest BCUT2D eigenvalue weighted by atomic mass is 16.6. The van der Waals surface area contributed by atoms with Crippen molar-refractivity contribution >= 4 is 11.5 Å². The quantitative estimate of drug-likeness (QED) is 0.404. The van der Waals surface area contributed by atoms with Gasteiger partial charge in [-0.25, -0.2) is 0 Å². The molecule has 1 aliphatic carbocycles. The van der Waals surface area contributed by atoms with Crippen molar-refractivity contribution in [3.8, 4) is 11.5 Å². The number of phenols is 1. The first-order valence-corrected chi connectivity index (χ1v) is 9.67. The summed E-state index contributed by atoms with van der Waals surface area (Å²) in [6.45, 7) is 0. The number of phenolic OH excluding ortho intramolecular Hbond substituents is 1. The number of benzene rings is 2. The van der Waals surface area contributed by atoms with Gasteiger partial charge in [0, 0.05) is 24.1 Å². The summed E-state index contributed by atoms with van der Waals surface area (Å²) in [5.41, 5.74) is 2.43. The lowest BCUT2D eigenvalue weighted by Gasteiger charge is -2.25. The van der Waals surface area contributed by atoms with Gasteiger partial charge < -0.3 is 9.84 Å². The zero-order chi connectivity index (χ0) is 20.1. The van der Waals surface area contributed by atoms with Gasteiger partial charge in [0.2, 0.25) is 0 Å². The Morgan fingerprint density at radius 3 is 2.46 bits per heavy atom. The van der Waals surface area contributed by atoms with Crippen LogP contribution in [0.1, 0.15) is 65.9 Å². The van der Waals surface area contributed by atoms with E-state index in [0.29, 0.717) is 23.7 Å². The van der Waals surface area contributed by atoms with E-state index < -0.39 is 4.92 Å². The Hall–Kier alpha value is -2.89. The summed E-state index contributed by atoms with van der Waals surface area (Å²) >= 11 is 0. The SMILES string of the molecule is COc1cc(C2CCCCC2)c(C(=O)CCc2ccc([N+](=O)[O-])cc2)cc1O. The minimum absolute atomic E-state index is 0.0271. The molecule has 0 heterocycles. The van der Waals surface area contributed by atoms with E-state index >= 15 is 0 Å². The van der Waals surface area contributed by atoms with E-state index in [2.05, 4.69) is 0 Å². The minimum Gasteiger partial charge on any atom is -0.504 e. The van der Waals surface area contributed by atoms with Crippen LogP contribution in [0.25, 0.3) is 0 Å². The van der Waals surface area contributed by atoms with Gasteiger partial charge in [-0.15, -0.1) is 0 Å². The van der Waals surface area contributed by atoms with Gasteiger partial charge in [-0.2, -0.15) is 0 Å². The third kappa shape index (κ3) is 4.50. The molecular weight excluding hydrogens is 358 g/mol. The second-order valence-electron chi connectivity index (χ2n) is 7.29. The van der Waals surface area contributed by atoms with Crippen molar-refractivity contribution in [2.75, 3.05) is 7.11 Å². The molecular formula is C22H25NO5. The van der Waals surface area contributed by atoms with E-state index in [1.165, 1.54) is 31.7 Å². The molecule has 1 N–H and O–H groups in total. The summed E-state index contributed by atoms with van der Waals surface area (Å²) < 4.78 is 5.25. The predicted molar refractivity (Wildman–Crippen MR) is 106 cm³/mol. The first-order valence-electron chi connectivity index (χ1n) is 9.67. The lowest BCUT2D eigenvalue weighted by molar-refractivity contribution is -0.384. The van der Waals surface area contributed by atoms with E-state index in [4.69, 9.17) is 4.74 Å². The van der Waals surface area contributed by atoms with Crippen molar-refractivity contribution in [3.05, 3.63) is 63.2 Å². The maximum absolute atomic E-state index is 12.9. The Morgan fingerprint density at radius 1 is 1.18 bits per heavy atom. The Morgan fingerprint density at radius 2 is 1.86 bits per heavy atom. The van der Waals surface area contributed by atoms with E-state index in [-0.39, 0.29) is 23.6 Å². The molecule has 3 rings (SSSR count). The predicted octanol–water partition coefficient (Wildman–Crippen LogP) is 5.17. The molecule has 0 radical (unpaired) electrons. The van der Waals surface area contributed by atoms with E-state index in [9.17, 15) is 20.0 Å². The van der Waals surface area contributed by atoms with Crippen LogP contribution in [-0.4, -0.2) is 22.9 Å². The molecule has 1 aliphatic rings. The zero-order valence-corrected chi connectivity index (χ0v) is 16.0. The smallest absolute Gasteiger partial charge is 0.269 e. The molecule has 0 unspecified atom stereocenters. The number of aromatic hydroxyl groups is 1. The number of hydrogen-bond acceptors (Lipinski definition) is 5. The largest absolute Gasteiger partial charge is 0.504 e. The molecule has 2 aromatic rings. The van der Waals surface area contributed by atoms with Gasteiger partial charge in [0.15, 0.2) is 17.3 Å². The molecule has 1 saturated carbocycles. The van der Waals surface area contributed by atoms with E-state index in [0.717, 1.165) is 36.8 Å². The Balaban J connectivity index is 1.79. The van der Waals surface area contributed by atoms with Crippen LogP contribution >= 0.6 is 0 Å². The van der Waals surface area contributed by atoms with Crippen molar-refractivity contribution in [1.29, 1.82) is 0 Å². The second kappa shape index (κ2) is 8.87. The third-order valence-corrected chi connectivity index (χ3v) is 5.48. The van der Waals surface area contributed by atoms with Crippen molar-refractivity contribution < 1.29 is 19.6 Å². The lowest BCUT2D eigenvalue weighted by atomic mass is 9.80. The van der Waals surface area contributed by atoms with Gasteiger partial charge in [-0.1, -0.05) is 31.4 Å². The van der Waals surface area contributed by atoms with Crippen molar-refractivity contribution in [2.45, 2.75) is 50.9 Å². The number of nitro groups is 1. The van der Waals surface area contributed by atoms with E-state index in [1.54, 1.807) is 12.1 Å². The van der Waals surface area contributed by atoms with Crippen LogP contribution in [0.5, 0.6) is 11.5 Å². The van der Waals surface area contributed by atoms with Crippen molar-refractivity contribution in [2.24, 2.45) is 0 Å². The number of carbonyl (C=O) groups excluding carboxylic acids is 1. The Labute approximate surface area is 164 Å². The normalized spacial score (nSPS) is 14.6. The van der Waals surface area contributed by atoms with Gasteiger partial charge in [-0.05, 0) is 48.4 Å². The number of ether oxygens (including phenoxy) is 1. The average Bonchev–Trinajstić information content (AvgIpc) is 2.72. The van der Waals surface area contributed by atoms with Crippen LogP contribution in [0.15, 0.2) is 36.4 Å². The number of nitrogens with zero attached hydrogens (tertiary/aromatic N) is 1. The molecule has 2 aromatic carbocycles. The highest BCUT2D eigenvalue weighted by molar-refractivity contribution is 5.98. The van der Waals surface area contributed by atoms with Gasteiger partial charge >= 0.3 is 0 Å². The van der Waals surface area contributed by atoms with E-state index in [1.807, 2.05) is 6.07 Å². The van der Waals surface area contributed by atoms with Crippen LogP contribution in [0.3, 0.4) is 0 Å². The van der Waals surface area contributed by atoms with Crippen molar-refractivity contribution in [3.63, 3.8) is 0 Å². The molecule has 28 heavy (non-hydrogen) atoms. The summed E-state index contributed by atoms with van der Waals surface area (Å²) in [7, 11) is 1.51. The molecule has 6 heteroatoms. The number of non-ortho nitro benzene ring substituents is 1. The second-order valence-corrected chi connectivity index (χ2v) is 7.29. The number of aryl methyl sites for hydroxylation is 1. The number of rotatable bonds is 7. The molecule has 0 atom stereocenters. The molecule has 0 bridgehead atoms. The number of methoxy groups -OCH3 is 1. The molecule has 1 fully saturated rings. The standard InChI is InChI=1S/C22H25NO5/c1-28-22-14-18(16-5-3-2-4-6-16)19(13-21(22)25)20(24)12-9-15-7-10-17(11-8-15)23(26)27/h7-8,10-11,13-14,16,25H,2-6,9,12H2,1H3. The van der Waals surface area contributed by atoms with Crippen LogP contribution in [0.4, 0.5) is 5.69 Å². The molecule has 0 saturated heterocycles. The maximum Gasteiger partial charge on any atom is 0.269 e. The number of ketones is 1. The number of hydrogen-bond donors (Lipinski definition) is 1. The number of nitro benzene ring substituents is 1. The van der Waals surface area contributed by atoms with Gasteiger partial charge in [-0.3, -0.25) is 14.9 Å². The summed E-state index contributed by atoms with van der Waals surface area (Å²) in [5.74, 6) is 0.645. The fourth-order valence-corrected chi connectivity index (χ4v) is 3.92. The zero-order valence-electron chi connectivity index (χ0n) is 16.0. The number of carbonyl (C=O) groups is 1. The van der Waals surface area contributed by atoms with Crippen LogP contribution < -0.4 is 4.74 Å². The molecule has 0 aliphatic heterocycles. The molecule has 148 valence electrons. The topological polar surface area (TPSA) is 89.7 Å². The number of Topliss-reactive ketones (excluding diaryl/α,β-unsaturated/α-hetero) is 1. The fourth-order valence-electron chi connectivity index (χ4n) is 3.92. The van der Waals surface area contributed by atoms with Crippen LogP contribution in [0.2, 0.25) is 0 Å². The van der Waals surface area contributed by atoms with Gasteiger partial charge in [0.25, 0.3) is 5.69 Å². The monoisotopic (exact) mass is 383 g/mol. The molecule has 0 amide bonds. The Kier molecular flexibility index (Phi) is 6.29. The molecule has 0 aromatic heterocycles. The van der Waals surface area contributed by atoms with Gasteiger partial charge in [0.1, 0.15) is 0 Å². The third-order valence-electron chi connectivity index (χ3n) is 5.48. The maximum atomic E-state index is 12.9.